The Hall–Kier alpha value is -1.82. The van der Waals surface area contributed by atoms with Crippen molar-refractivity contribution >= 4 is 16.6 Å². The molecule has 6 heteroatoms. The number of pyridine rings is 1. The predicted octanol–water partition coefficient (Wildman–Crippen LogP) is 3.24. The zero-order chi connectivity index (χ0) is 14.4. The first-order valence-corrected chi connectivity index (χ1v) is 5.71. The first-order chi connectivity index (χ1) is 8.75. The summed E-state index contributed by atoms with van der Waals surface area (Å²) in [6.45, 7) is 5.70. The molecule has 0 fully saturated rings. The number of nitrogens with one attached hydrogen (secondary N) is 1. The van der Waals surface area contributed by atoms with Gasteiger partial charge >= 0.3 is 0 Å². The zero-order valence-corrected chi connectivity index (χ0v) is 10.8. The third kappa shape index (κ3) is 2.23. The van der Waals surface area contributed by atoms with Crippen molar-refractivity contribution < 1.29 is 13.2 Å². The summed E-state index contributed by atoms with van der Waals surface area (Å²) in [5.41, 5.74) is 2.76. The third-order valence-corrected chi connectivity index (χ3v) is 2.86. The molecule has 1 aromatic heterocycles. The van der Waals surface area contributed by atoms with Crippen LogP contribution in [-0.4, -0.2) is 4.98 Å². The van der Waals surface area contributed by atoms with Crippen LogP contribution in [0.25, 0.3) is 10.9 Å². The van der Waals surface area contributed by atoms with Crippen LogP contribution in [0.2, 0.25) is 0 Å². The maximum Gasteiger partial charge on any atom is 0.195 e. The second kappa shape index (κ2) is 4.38. The van der Waals surface area contributed by atoms with Gasteiger partial charge in [0.2, 0.25) is 0 Å². The third-order valence-electron chi connectivity index (χ3n) is 2.86. The van der Waals surface area contributed by atoms with Crippen LogP contribution in [0.5, 0.6) is 0 Å². The van der Waals surface area contributed by atoms with Crippen molar-refractivity contribution in [3.05, 3.63) is 35.3 Å². The highest BCUT2D eigenvalue weighted by Crippen LogP contribution is 2.32. The van der Waals surface area contributed by atoms with Gasteiger partial charge in [0.05, 0.1) is 16.6 Å². The number of halogens is 3. The number of rotatable bonds is 1. The summed E-state index contributed by atoms with van der Waals surface area (Å²) < 4.78 is 40.3. The number of aromatic nitrogens is 1. The number of nitrogen functional groups attached to an aromatic ring is 1. The van der Waals surface area contributed by atoms with Gasteiger partial charge in [-0.3, -0.25) is 10.8 Å². The molecular weight excluding hydrogens is 255 g/mol. The van der Waals surface area contributed by atoms with E-state index in [4.69, 9.17) is 5.84 Å². The standard InChI is InChI=1S/C13H14F3N3/c1-13(2,3)9-5-8(19-17)10-7(18-9)4-6(14)11(15)12(10)16/h4-5H,17H2,1-3H3,(H,18,19). The highest BCUT2D eigenvalue weighted by Gasteiger charge is 2.22. The lowest BCUT2D eigenvalue weighted by atomic mass is 9.90. The Kier molecular flexibility index (Phi) is 3.14. The van der Waals surface area contributed by atoms with Crippen molar-refractivity contribution in [2.75, 3.05) is 5.43 Å². The van der Waals surface area contributed by atoms with Gasteiger partial charge in [-0.2, -0.15) is 0 Å². The Labute approximate surface area is 108 Å². The highest BCUT2D eigenvalue weighted by molar-refractivity contribution is 5.92. The van der Waals surface area contributed by atoms with Gasteiger partial charge in [-0.15, -0.1) is 0 Å². The lowest BCUT2D eigenvalue weighted by Crippen LogP contribution is -2.16. The number of hydrazine groups is 1. The van der Waals surface area contributed by atoms with E-state index in [2.05, 4.69) is 10.4 Å². The van der Waals surface area contributed by atoms with Crippen LogP contribution < -0.4 is 11.3 Å². The second-order valence-corrected chi connectivity index (χ2v) is 5.33. The van der Waals surface area contributed by atoms with Gasteiger partial charge in [0.1, 0.15) is 0 Å². The summed E-state index contributed by atoms with van der Waals surface area (Å²) in [6.07, 6.45) is 0. The fourth-order valence-corrected chi connectivity index (χ4v) is 1.80. The molecule has 0 aliphatic carbocycles. The fourth-order valence-electron chi connectivity index (χ4n) is 1.80. The largest absolute Gasteiger partial charge is 0.323 e. The molecule has 0 spiro atoms. The van der Waals surface area contributed by atoms with E-state index in [1.807, 2.05) is 20.8 Å². The highest BCUT2D eigenvalue weighted by atomic mass is 19.2. The quantitative estimate of drug-likeness (QED) is 0.474. The molecule has 1 heterocycles. The van der Waals surface area contributed by atoms with Crippen molar-refractivity contribution in [3.63, 3.8) is 0 Å². The molecule has 2 rings (SSSR count). The number of hydrogen-bond donors (Lipinski definition) is 2. The molecule has 3 N–H and O–H groups in total. The van der Waals surface area contributed by atoms with Gasteiger partial charge in [0, 0.05) is 17.2 Å². The molecule has 1 aromatic carbocycles. The van der Waals surface area contributed by atoms with Crippen LogP contribution in [0.1, 0.15) is 26.5 Å². The van der Waals surface area contributed by atoms with Crippen molar-refractivity contribution in [1.29, 1.82) is 0 Å². The van der Waals surface area contributed by atoms with Gasteiger partial charge < -0.3 is 5.43 Å². The molecule has 0 saturated heterocycles. The van der Waals surface area contributed by atoms with Gasteiger partial charge in [-0.1, -0.05) is 20.8 Å². The lowest BCUT2D eigenvalue weighted by molar-refractivity contribution is 0.453. The Bertz CT molecular complexity index is 648. The SMILES string of the molecule is CC(C)(C)c1cc(NN)c2c(F)c(F)c(F)cc2n1. The molecule has 19 heavy (non-hydrogen) atoms. The Morgan fingerprint density at radius 2 is 1.74 bits per heavy atom. The molecule has 0 saturated carbocycles. The van der Waals surface area contributed by atoms with E-state index in [-0.39, 0.29) is 22.0 Å². The Morgan fingerprint density at radius 3 is 2.26 bits per heavy atom. The average Bonchev–Trinajstić information content (AvgIpc) is 2.33. The van der Waals surface area contributed by atoms with E-state index < -0.39 is 17.5 Å². The molecule has 0 unspecified atom stereocenters. The summed E-state index contributed by atoms with van der Waals surface area (Å²) in [4.78, 5) is 4.18. The molecule has 0 aliphatic rings. The van der Waals surface area contributed by atoms with Crippen molar-refractivity contribution in [1.82, 2.24) is 4.98 Å². The van der Waals surface area contributed by atoms with Crippen molar-refractivity contribution in [2.24, 2.45) is 5.84 Å². The maximum atomic E-state index is 13.8. The number of benzene rings is 1. The second-order valence-electron chi connectivity index (χ2n) is 5.33. The summed E-state index contributed by atoms with van der Waals surface area (Å²) in [5.74, 6) is 1.22. The van der Waals surface area contributed by atoms with Gasteiger partial charge in [-0.05, 0) is 6.07 Å². The molecule has 3 nitrogen and oxygen atoms in total. The molecule has 0 radical (unpaired) electrons. The van der Waals surface area contributed by atoms with Crippen LogP contribution in [-0.2, 0) is 5.41 Å². The molecule has 2 aromatic rings. The van der Waals surface area contributed by atoms with E-state index in [1.165, 1.54) is 6.07 Å². The summed E-state index contributed by atoms with van der Waals surface area (Å²) >= 11 is 0. The van der Waals surface area contributed by atoms with E-state index >= 15 is 0 Å². The van der Waals surface area contributed by atoms with Crippen LogP contribution in [0.4, 0.5) is 18.9 Å². The smallest absolute Gasteiger partial charge is 0.195 e. The van der Waals surface area contributed by atoms with E-state index in [1.54, 1.807) is 0 Å². The average molecular weight is 269 g/mol. The Balaban J connectivity index is 2.89. The molecular formula is C13H14F3N3. The van der Waals surface area contributed by atoms with Crippen molar-refractivity contribution in [3.8, 4) is 0 Å². The first-order valence-electron chi connectivity index (χ1n) is 5.71. The Morgan fingerprint density at radius 1 is 1.11 bits per heavy atom. The first kappa shape index (κ1) is 13.6. The van der Waals surface area contributed by atoms with Gasteiger partial charge in [0.25, 0.3) is 0 Å². The van der Waals surface area contributed by atoms with E-state index in [0.717, 1.165) is 6.07 Å². The van der Waals surface area contributed by atoms with Crippen molar-refractivity contribution in [2.45, 2.75) is 26.2 Å². The number of nitrogens with zero attached hydrogens (tertiary/aromatic N) is 1. The molecule has 0 atom stereocenters. The van der Waals surface area contributed by atoms with Crippen LogP contribution in [0.3, 0.4) is 0 Å². The summed E-state index contributed by atoms with van der Waals surface area (Å²) in [7, 11) is 0. The molecule has 0 bridgehead atoms. The molecule has 0 aliphatic heterocycles. The van der Waals surface area contributed by atoms with Crippen LogP contribution in [0, 0.1) is 17.5 Å². The minimum absolute atomic E-state index is 0.0248. The summed E-state index contributed by atoms with van der Waals surface area (Å²) in [5, 5.41) is -0.158. The predicted molar refractivity (Wildman–Crippen MR) is 68.1 cm³/mol. The monoisotopic (exact) mass is 269 g/mol. The van der Waals surface area contributed by atoms with E-state index in [0.29, 0.717) is 5.69 Å². The number of fused-ring (bicyclic) bond motifs is 1. The van der Waals surface area contributed by atoms with E-state index in [9.17, 15) is 13.2 Å². The minimum atomic E-state index is -1.53. The van der Waals surface area contributed by atoms with Gasteiger partial charge in [0.15, 0.2) is 17.5 Å². The number of anilines is 1. The minimum Gasteiger partial charge on any atom is -0.323 e. The normalized spacial score (nSPS) is 11.9. The maximum absolute atomic E-state index is 13.8. The molecule has 0 amide bonds. The van der Waals surface area contributed by atoms with Crippen LogP contribution >= 0.6 is 0 Å². The topological polar surface area (TPSA) is 50.9 Å². The molecule has 102 valence electrons. The lowest BCUT2D eigenvalue weighted by Gasteiger charge is -2.20. The van der Waals surface area contributed by atoms with Crippen LogP contribution in [0.15, 0.2) is 12.1 Å². The number of nitrogens with two attached hydrogens (primary N) is 1. The fraction of sp³-hybridized carbons (Fsp3) is 0.308. The number of hydrogen-bond acceptors (Lipinski definition) is 3. The zero-order valence-electron chi connectivity index (χ0n) is 10.8. The summed E-state index contributed by atoms with van der Waals surface area (Å²) in [6, 6.07) is 2.40. The van der Waals surface area contributed by atoms with Gasteiger partial charge in [-0.25, -0.2) is 13.2 Å².